The summed E-state index contributed by atoms with van der Waals surface area (Å²) < 4.78 is 14.1. The van der Waals surface area contributed by atoms with Gasteiger partial charge in [-0.25, -0.2) is 0 Å². The first-order valence-electron chi connectivity index (χ1n) is 37.7. The lowest BCUT2D eigenvalue weighted by Crippen LogP contribution is -2.33. The first-order chi connectivity index (χ1) is 46.3. The molecular weight excluding hydrogens is 1150 g/mol. The van der Waals surface area contributed by atoms with Crippen LogP contribution in [0.4, 0.5) is 17.1 Å². The van der Waals surface area contributed by atoms with Crippen LogP contribution in [-0.4, -0.2) is 0 Å². The zero-order valence-electron chi connectivity index (χ0n) is 59.2. The summed E-state index contributed by atoms with van der Waals surface area (Å²) >= 11 is 0. The predicted octanol–water partition coefficient (Wildman–Crippen LogP) is 28.2. The van der Waals surface area contributed by atoms with Gasteiger partial charge in [0.2, 0.25) is 0 Å². The van der Waals surface area contributed by atoms with Crippen molar-refractivity contribution in [2.45, 2.75) is 245 Å². The molecule has 0 saturated heterocycles. The van der Waals surface area contributed by atoms with Crippen molar-refractivity contribution >= 4 is 60.9 Å². The SMILES string of the molecule is CCCCCCCC1(CCCCCCC)c2ccccc2-c2c1c1c(c3c2oc2ccccc23)-c2ccc(N(c3ccc4c(c3)C(C)(C)c3cc5c(cc3-4)C(C)(C)c3ccc4oc6ccccc6c4c3-5)c3ccc(C)cc3C)cc2C1(CCCCCCC)CCCCCCC. The van der Waals surface area contributed by atoms with Gasteiger partial charge in [0.1, 0.15) is 22.3 Å². The van der Waals surface area contributed by atoms with Crippen molar-refractivity contribution in [3.05, 3.63) is 207 Å². The number of nitrogens with zero attached hydrogens (tertiary/aromatic N) is 1. The summed E-state index contributed by atoms with van der Waals surface area (Å²) in [7, 11) is 0. The van der Waals surface area contributed by atoms with E-state index in [1.54, 1.807) is 22.3 Å². The zero-order chi connectivity index (χ0) is 65.4. The largest absolute Gasteiger partial charge is 0.456 e. The summed E-state index contributed by atoms with van der Waals surface area (Å²) in [5, 5.41) is 5.03. The minimum absolute atomic E-state index is 0.138. The number of anilines is 3. The molecule has 11 aromatic rings. The highest BCUT2D eigenvalue weighted by Gasteiger charge is 2.54. The molecule has 488 valence electrons. The molecule has 3 heteroatoms. The number of hydrogen-bond acceptors (Lipinski definition) is 3. The fraction of sp³-hybridized carbons (Fsp3) is 0.413. The molecule has 0 N–H and O–H groups in total. The van der Waals surface area contributed by atoms with Crippen LogP contribution in [0.25, 0.3) is 88.4 Å². The first kappa shape index (κ1) is 63.4. The summed E-state index contributed by atoms with van der Waals surface area (Å²) in [5.74, 6) is 0. The second kappa shape index (κ2) is 25.4. The lowest BCUT2D eigenvalue weighted by Gasteiger charge is -2.40. The van der Waals surface area contributed by atoms with Gasteiger partial charge in [-0.2, -0.15) is 0 Å². The molecule has 0 spiro atoms. The van der Waals surface area contributed by atoms with Gasteiger partial charge < -0.3 is 13.7 Å². The number of fused-ring (bicyclic) bond motifs is 22. The molecule has 95 heavy (non-hydrogen) atoms. The third kappa shape index (κ3) is 10.2. The molecule has 0 radical (unpaired) electrons. The van der Waals surface area contributed by atoms with Crippen LogP contribution in [0.15, 0.2) is 160 Å². The van der Waals surface area contributed by atoms with E-state index in [1.807, 2.05) is 0 Å². The van der Waals surface area contributed by atoms with Gasteiger partial charge in [0, 0.05) is 65.8 Å². The summed E-state index contributed by atoms with van der Waals surface area (Å²) in [6.45, 7) is 23.9. The lowest BCUT2D eigenvalue weighted by atomic mass is 9.62. The van der Waals surface area contributed by atoms with Crippen molar-refractivity contribution in [3.8, 4) is 44.5 Å². The van der Waals surface area contributed by atoms with Crippen molar-refractivity contribution in [1.29, 1.82) is 0 Å². The van der Waals surface area contributed by atoms with Gasteiger partial charge in [-0.15, -0.1) is 0 Å². The smallest absolute Gasteiger partial charge is 0.144 e. The number of hydrogen-bond donors (Lipinski definition) is 0. The van der Waals surface area contributed by atoms with Gasteiger partial charge in [-0.1, -0.05) is 280 Å². The minimum atomic E-state index is -0.275. The fourth-order valence-corrected chi connectivity index (χ4v) is 19.4. The topological polar surface area (TPSA) is 29.5 Å². The Morgan fingerprint density at radius 2 is 0.821 bits per heavy atom. The molecule has 0 fully saturated rings. The standard InChI is InChI=1S/C92H103NO2/c1-11-15-19-23-33-51-91(52-34-24-20-16-12-2)71-40-30-27-37-65(71)85-87(91)86-83(84-68-39-29-32-42-79(68)95-88(84)85)66-47-45-63(57-76(66)92(86,53-35-25-21-17-13-3)54-36-26-22-18-14-4)93(77-49-43-60(5)55-61(77)6)62-44-46-64-69-58-75-70(59-74(69)90(9,10)73(64)56-62)81-72(89(75,7)8)48-50-80-82(81)67-38-28-31-41-78(67)94-80/h27-32,37-50,55-59H,11-26,33-36,51-54H2,1-10H3. The summed E-state index contributed by atoms with van der Waals surface area (Å²) in [5.41, 5.74) is 32.7. The number of aryl methyl sites for hydroxylation is 2. The summed E-state index contributed by atoms with van der Waals surface area (Å²) in [6, 6.07) is 59.9. The third-order valence-electron chi connectivity index (χ3n) is 24.2. The summed E-state index contributed by atoms with van der Waals surface area (Å²) in [6.07, 6.45) is 30.0. The quantitative estimate of drug-likeness (QED) is 0.0481. The van der Waals surface area contributed by atoms with E-state index in [0.29, 0.717) is 0 Å². The van der Waals surface area contributed by atoms with E-state index in [-0.39, 0.29) is 21.7 Å². The van der Waals surface area contributed by atoms with Crippen molar-refractivity contribution < 1.29 is 8.83 Å². The van der Waals surface area contributed by atoms with Crippen molar-refractivity contribution in [2.75, 3.05) is 4.90 Å². The highest BCUT2D eigenvalue weighted by Crippen LogP contribution is 2.68. The van der Waals surface area contributed by atoms with Crippen LogP contribution < -0.4 is 4.90 Å². The molecule has 3 nitrogen and oxygen atoms in total. The molecule has 0 aliphatic heterocycles. The Hall–Kier alpha value is -7.62. The molecular formula is C92H103NO2. The first-order valence-corrected chi connectivity index (χ1v) is 37.7. The van der Waals surface area contributed by atoms with Gasteiger partial charge in [-0.3, -0.25) is 0 Å². The zero-order valence-corrected chi connectivity index (χ0v) is 59.2. The van der Waals surface area contributed by atoms with Crippen LogP contribution in [0.3, 0.4) is 0 Å². The molecule has 0 atom stereocenters. The monoisotopic (exact) mass is 1250 g/mol. The van der Waals surface area contributed by atoms with Crippen LogP contribution in [0, 0.1) is 13.8 Å². The Balaban J connectivity index is 0.956. The fourth-order valence-electron chi connectivity index (χ4n) is 19.4. The minimum Gasteiger partial charge on any atom is -0.456 e. The van der Waals surface area contributed by atoms with Crippen LogP contribution in [-0.2, 0) is 21.7 Å². The van der Waals surface area contributed by atoms with Crippen LogP contribution in [0.1, 0.15) is 265 Å². The number of unbranched alkanes of at least 4 members (excludes halogenated alkanes) is 16. The number of benzene rings is 9. The number of rotatable bonds is 27. The normalized spacial score (nSPS) is 15.3. The van der Waals surface area contributed by atoms with E-state index in [0.717, 1.165) is 35.2 Å². The highest BCUT2D eigenvalue weighted by atomic mass is 16.3. The van der Waals surface area contributed by atoms with Crippen molar-refractivity contribution in [2.24, 2.45) is 0 Å². The van der Waals surface area contributed by atoms with Gasteiger partial charge in [0.15, 0.2) is 0 Å². The Kier molecular flexibility index (Phi) is 17.0. The predicted molar refractivity (Wildman–Crippen MR) is 406 cm³/mol. The summed E-state index contributed by atoms with van der Waals surface area (Å²) in [4.78, 5) is 2.67. The average molecular weight is 1250 g/mol. The van der Waals surface area contributed by atoms with E-state index < -0.39 is 0 Å². The molecule has 0 bridgehead atoms. The van der Waals surface area contributed by atoms with Crippen LogP contribution in [0.2, 0.25) is 0 Å². The maximum Gasteiger partial charge on any atom is 0.144 e. The molecule has 4 aliphatic carbocycles. The van der Waals surface area contributed by atoms with E-state index in [9.17, 15) is 0 Å². The van der Waals surface area contributed by atoms with Crippen molar-refractivity contribution in [1.82, 2.24) is 0 Å². The van der Waals surface area contributed by atoms with Gasteiger partial charge in [0.25, 0.3) is 0 Å². The van der Waals surface area contributed by atoms with Crippen LogP contribution in [0.5, 0.6) is 0 Å². The van der Waals surface area contributed by atoms with Crippen LogP contribution >= 0.6 is 0 Å². The average Bonchev–Trinajstić information content (AvgIpc) is 1.50. The van der Waals surface area contributed by atoms with E-state index >= 15 is 0 Å². The molecule has 2 aromatic heterocycles. The molecule has 2 heterocycles. The Bertz CT molecular complexity index is 4700. The highest BCUT2D eigenvalue weighted by molar-refractivity contribution is 6.21. The second-order valence-electron chi connectivity index (χ2n) is 30.9. The molecule has 9 aromatic carbocycles. The maximum absolute atomic E-state index is 7.56. The lowest BCUT2D eigenvalue weighted by molar-refractivity contribution is 0.369. The second-order valence-corrected chi connectivity index (χ2v) is 30.9. The van der Waals surface area contributed by atoms with Gasteiger partial charge in [-0.05, 0) is 189 Å². The Morgan fingerprint density at radius 1 is 0.337 bits per heavy atom. The van der Waals surface area contributed by atoms with Gasteiger partial charge >= 0.3 is 0 Å². The molecule has 0 amide bonds. The Morgan fingerprint density at radius 3 is 1.44 bits per heavy atom. The van der Waals surface area contributed by atoms with Crippen molar-refractivity contribution in [3.63, 3.8) is 0 Å². The van der Waals surface area contributed by atoms with E-state index in [1.165, 1.54) is 258 Å². The molecule has 15 rings (SSSR count). The third-order valence-corrected chi connectivity index (χ3v) is 24.2. The van der Waals surface area contributed by atoms with E-state index in [2.05, 4.69) is 226 Å². The molecule has 0 unspecified atom stereocenters. The Labute approximate surface area is 568 Å². The van der Waals surface area contributed by atoms with E-state index in [4.69, 9.17) is 8.83 Å². The molecule has 4 aliphatic rings. The number of para-hydroxylation sites is 2. The van der Waals surface area contributed by atoms with Gasteiger partial charge in [0.05, 0.1) is 0 Å². The maximum atomic E-state index is 7.56. The molecule has 0 saturated carbocycles. The number of furan rings is 2.